The monoisotopic (exact) mass is 152 g/mol. The number of nitriles is 2. The van der Waals surface area contributed by atoms with Crippen molar-refractivity contribution >= 4 is 0 Å². The molecule has 0 saturated heterocycles. The van der Waals surface area contributed by atoms with E-state index in [9.17, 15) is 0 Å². The highest BCUT2D eigenvalue weighted by Gasteiger charge is 1.88. The second kappa shape index (κ2) is 8.94. The molecule has 11 heavy (non-hydrogen) atoms. The van der Waals surface area contributed by atoms with Gasteiger partial charge >= 0.3 is 0 Å². The maximum atomic E-state index is 8.17. The molecule has 0 aliphatic heterocycles. The minimum atomic E-state index is 0.457. The minimum absolute atomic E-state index is 0.457. The van der Waals surface area contributed by atoms with Gasteiger partial charge in [-0.05, 0) is 12.8 Å². The van der Waals surface area contributed by atoms with E-state index in [4.69, 9.17) is 15.3 Å². The van der Waals surface area contributed by atoms with Crippen LogP contribution in [0.3, 0.4) is 0 Å². The second-order valence-corrected chi connectivity index (χ2v) is 2.14. The zero-order chi connectivity index (χ0) is 8.36. The van der Waals surface area contributed by atoms with E-state index in [0.29, 0.717) is 26.1 Å². The predicted molar refractivity (Wildman–Crippen MR) is 40.5 cm³/mol. The minimum Gasteiger partial charge on any atom is -0.380 e. The first-order valence-corrected chi connectivity index (χ1v) is 3.73. The Kier molecular flexibility index (Phi) is 8.08. The summed E-state index contributed by atoms with van der Waals surface area (Å²) in [4.78, 5) is 0. The van der Waals surface area contributed by atoms with Crippen LogP contribution in [0.5, 0.6) is 0 Å². The fourth-order valence-corrected chi connectivity index (χ4v) is 0.628. The summed E-state index contributed by atoms with van der Waals surface area (Å²) in [5, 5.41) is 16.3. The first kappa shape index (κ1) is 9.94. The summed E-state index contributed by atoms with van der Waals surface area (Å²) in [6.45, 7) is 1.19. The van der Waals surface area contributed by atoms with Crippen molar-refractivity contribution in [1.29, 1.82) is 10.5 Å². The lowest BCUT2D eigenvalue weighted by Crippen LogP contribution is -1.95. The molecule has 0 aromatic carbocycles. The van der Waals surface area contributed by atoms with Crippen molar-refractivity contribution in [2.45, 2.75) is 25.7 Å². The van der Waals surface area contributed by atoms with Gasteiger partial charge in [0.05, 0.1) is 25.2 Å². The van der Waals surface area contributed by atoms with Gasteiger partial charge in [-0.3, -0.25) is 0 Å². The smallest absolute Gasteiger partial charge is 0.0645 e. The average molecular weight is 152 g/mol. The van der Waals surface area contributed by atoms with Gasteiger partial charge in [-0.25, -0.2) is 0 Å². The highest BCUT2D eigenvalue weighted by Crippen LogP contribution is 1.94. The molecule has 0 spiro atoms. The topological polar surface area (TPSA) is 56.8 Å². The summed E-state index contributed by atoms with van der Waals surface area (Å²) in [6, 6.07) is 4.05. The van der Waals surface area contributed by atoms with Crippen LogP contribution in [-0.4, -0.2) is 13.2 Å². The number of rotatable bonds is 6. The van der Waals surface area contributed by atoms with Crippen molar-refractivity contribution in [2.24, 2.45) is 0 Å². The normalized spacial score (nSPS) is 8.55. The van der Waals surface area contributed by atoms with E-state index in [1.165, 1.54) is 0 Å². The quantitative estimate of drug-likeness (QED) is 0.543. The third-order valence-electron chi connectivity index (χ3n) is 1.19. The maximum Gasteiger partial charge on any atom is 0.0645 e. The molecule has 0 aliphatic rings. The average Bonchev–Trinajstić information content (AvgIpc) is 2.03. The van der Waals surface area contributed by atoms with Gasteiger partial charge in [0.25, 0.3) is 0 Å². The van der Waals surface area contributed by atoms with Gasteiger partial charge in [0.2, 0.25) is 0 Å². The van der Waals surface area contributed by atoms with Gasteiger partial charge in [-0.1, -0.05) is 0 Å². The molecule has 0 bridgehead atoms. The lowest BCUT2D eigenvalue weighted by Gasteiger charge is -1.98. The molecular formula is C8H12N2O. The van der Waals surface area contributed by atoms with E-state index in [-0.39, 0.29) is 0 Å². The van der Waals surface area contributed by atoms with Crippen molar-refractivity contribution in [3.05, 3.63) is 0 Å². The predicted octanol–water partition coefficient (Wildman–Crippen LogP) is 1.61. The number of ether oxygens (including phenoxy) is 1. The van der Waals surface area contributed by atoms with E-state index in [1.807, 2.05) is 6.07 Å². The molecule has 0 aromatic rings. The molecular weight excluding hydrogens is 140 g/mol. The molecule has 3 heteroatoms. The summed E-state index contributed by atoms with van der Waals surface area (Å²) in [5.74, 6) is 0. The lowest BCUT2D eigenvalue weighted by molar-refractivity contribution is 0.136. The Bertz CT molecular complexity index is 136. The Hall–Kier alpha value is -1.06. The van der Waals surface area contributed by atoms with Gasteiger partial charge in [0.15, 0.2) is 0 Å². The van der Waals surface area contributed by atoms with E-state index in [1.54, 1.807) is 0 Å². The summed E-state index contributed by atoms with van der Waals surface area (Å²) < 4.78 is 5.09. The van der Waals surface area contributed by atoms with Crippen molar-refractivity contribution in [1.82, 2.24) is 0 Å². The molecule has 0 saturated carbocycles. The fraction of sp³-hybridized carbons (Fsp3) is 0.750. The summed E-state index contributed by atoms with van der Waals surface area (Å²) in [7, 11) is 0. The molecule has 0 rings (SSSR count). The first-order chi connectivity index (χ1) is 5.41. The second-order valence-electron chi connectivity index (χ2n) is 2.14. The highest BCUT2D eigenvalue weighted by atomic mass is 16.5. The van der Waals surface area contributed by atoms with E-state index < -0.39 is 0 Å². The molecule has 0 aliphatic carbocycles. The van der Waals surface area contributed by atoms with E-state index >= 15 is 0 Å². The molecule has 0 unspecified atom stereocenters. The third-order valence-corrected chi connectivity index (χ3v) is 1.19. The Labute approximate surface area is 67.2 Å². The van der Waals surface area contributed by atoms with Gasteiger partial charge in [-0.2, -0.15) is 10.5 Å². The van der Waals surface area contributed by atoms with Crippen LogP contribution in [0.4, 0.5) is 0 Å². The van der Waals surface area contributed by atoms with Crippen LogP contribution in [0.2, 0.25) is 0 Å². The zero-order valence-electron chi connectivity index (χ0n) is 6.55. The van der Waals surface area contributed by atoms with Crippen LogP contribution < -0.4 is 0 Å². The van der Waals surface area contributed by atoms with Crippen molar-refractivity contribution in [3.63, 3.8) is 0 Å². The van der Waals surface area contributed by atoms with Crippen LogP contribution in [0.1, 0.15) is 25.7 Å². The van der Waals surface area contributed by atoms with Gasteiger partial charge < -0.3 is 4.74 Å². The maximum absolute atomic E-state index is 8.17. The van der Waals surface area contributed by atoms with Gasteiger partial charge in [0.1, 0.15) is 0 Å². The summed E-state index contributed by atoms with van der Waals surface area (Å²) in [6.07, 6.45) is 2.86. The van der Waals surface area contributed by atoms with Crippen LogP contribution in [0.25, 0.3) is 0 Å². The Morgan fingerprint density at radius 3 is 2.27 bits per heavy atom. The first-order valence-electron chi connectivity index (χ1n) is 3.73. The largest absolute Gasteiger partial charge is 0.380 e. The molecule has 0 atom stereocenters. The fourth-order valence-electron chi connectivity index (χ4n) is 0.628. The molecule has 0 radical (unpaired) electrons. The molecule has 0 heterocycles. The molecule has 3 nitrogen and oxygen atoms in total. The Balaban J connectivity index is 2.82. The molecule has 0 amide bonds. The van der Waals surface area contributed by atoms with Crippen LogP contribution in [-0.2, 0) is 4.74 Å². The SMILES string of the molecule is N#CCCCCOCCC#N. The highest BCUT2D eigenvalue weighted by molar-refractivity contribution is 4.68. The standard InChI is InChI=1S/C8H12N2O/c9-5-2-1-3-7-11-8-4-6-10/h1-4,7-8H2. The summed E-state index contributed by atoms with van der Waals surface area (Å²) >= 11 is 0. The molecule has 0 fully saturated rings. The Morgan fingerprint density at radius 2 is 1.64 bits per heavy atom. The lowest BCUT2D eigenvalue weighted by atomic mass is 10.3. The number of unbranched alkanes of at least 4 members (excludes halogenated alkanes) is 2. The van der Waals surface area contributed by atoms with Gasteiger partial charge in [-0.15, -0.1) is 0 Å². The van der Waals surface area contributed by atoms with Gasteiger partial charge in [0, 0.05) is 13.0 Å². The third kappa shape index (κ3) is 8.94. The van der Waals surface area contributed by atoms with Crippen molar-refractivity contribution < 1.29 is 4.74 Å². The number of hydrogen-bond donors (Lipinski definition) is 0. The number of hydrogen-bond acceptors (Lipinski definition) is 3. The Morgan fingerprint density at radius 1 is 0.909 bits per heavy atom. The van der Waals surface area contributed by atoms with E-state index in [0.717, 1.165) is 12.8 Å². The molecule has 60 valence electrons. The van der Waals surface area contributed by atoms with Crippen molar-refractivity contribution in [3.8, 4) is 12.1 Å². The molecule has 0 aromatic heterocycles. The van der Waals surface area contributed by atoms with Crippen molar-refractivity contribution in [2.75, 3.05) is 13.2 Å². The van der Waals surface area contributed by atoms with E-state index in [2.05, 4.69) is 6.07 Å². The van der Waals surface area contributed by atoms with Crippen LogP contribution in [0, 0.1) is 22.7 Å². The number of nitrogens with zero attached hydrogens (tertiary/aromatic N) is 2. The molecule has 0 N–H and O–H groups in total. The van der Waals surface area contributed by atoms with Crippen LogP contribution >= 0.6 is 0 Å². The van der Waals surface area contributed by atoms with Crippen LogP contribution in [0.15, 0.2) is 0 Å². The zero-order valence-corrected chi connectivity index (χ0v) is 6.55. The summed E-state index contributed by atoms with van der Waals surface area (Å²) in [5.41, 5.74) is 0.